The van der Waals surface area contributed by atoms with Gasteiger partial charge in [0.25, 0.3) is 0 Å². The van der Waals surface area contributed by atoms with E-state index in [1.54, 1.807) is 14.2 Å². The van der Waals surface area contributed by atoms with Crippen LogP contribution >= 0.6 is 0 Å². The summed E-state index contributed by atoms with van der Waals surface area (Å²) in [4.78, 5) is 3.52. The molecule has 0 fully saturated rings. The average molecular weight is 444 g/mol. The van der Waals surface area contributed by atoms with Gasteiger partial charge < -0.3 is 14.2 Å². The van der Waals surface area contributed by atoms with Crippen LogP contribution in [0.1, 0.15) is 11.1 Å². The molecule has 0 saturated heterocycles. The monoisotopic (exact) mass is 443 g/mol. The molecule has 0 N–H and O–H groups in total. The van der Waals surface area contributed by atoms with E-state index >= 15 is 0 Å². The van der Waals surface area contributed by atoms with Crippen LogP contribution in [0.3, 0.4) is 0 Å². The average Bonchev–Trinajstić information content (AvgIpc) is 2.83. The minimum absolute atomic E-state index is 0.371. The van der Waals surface area contributed by atoms with Crippen molar-refractivity contribution in [3.8, 4) is 23.0 Å². The second kappa shape index (κ2) is 9.84. The van der Waals surface area contributed by atoms with Gasteiger partial charge in [-0.1, -0.05) is 23.8 Å². The summed E-state index contributed by atoms with van der Waals surface area (Å²) in [5.41, 5.74) is 2.40. The van der Waals surface area contributed by atoms with E-state index in [4.69, 9.17) is 14.2 Å². The summed E-state index contributed by atoms with van der Waals surface area (Å²) in [5, 5.41) is 0. The number of ether oxygens (including phenoxy) is 3. The summed E-state index contributed by atoms with van der Waals surface area (Å²) >= 11 is 0. The Labute approximate surface area is 192 Å². The summed E-state index contributed by atoms with van der Waals surface area (Å²) in [6.07, 6.45) is 0. The van der Waals surface area contributed by atoms with Crippen LogP contribution in [0.5, 0.6) is 23.0 Å². The van der Waals surface area contributed by atoms with Crippen molar-refractivity contribution in [1.82, 2.24) is 0 Å². The van der Waals surface area contributed by atoms with Gasteiger partial charge in [0.1, 0.15) is 28.1 Å². The highest BCUT2D eigenvalue weighted by atomic mass is 32.2. The standard InChI is InChI=1S/C28H27O3S/c1-20-5-8-24(9-6-20)31-27-18-7-21(2)19-28(27)32(25-14-10-22(29-3)11-15-25)26-16-12-23(30-4)13-17-26/h5-19H,1-4H3/q+1. The molecule has 0 bridgehead atoms. The van der Waals surface area contributed by atoms with Crippen LogP contribution in [-0.2, 0) is 10.9 Å². The van der Waals surface area contributed by atoms with Gasteiger partial charge >= 0.3 is 0 Å². The third-order valence-electron chi connectivity index (χ3n) is 5.16. The van der Waals surface area contributed by atoms with Crippen molar-refractivity contribution in [2.45, 2.75) is 28.5 Å². The molecule has 4 aromatic carbocycles. The van der Waals surface area contributed by atoms with Gasteiger partial charge in [-0.25, -0.2) is 0 Å². The van der Waals surface area contributed by atoms with Crippen molar-refractivity contribution >= 4 is 10.9 Å². The molecule has 0 aliphatic rings. The molecule has 0 aromatic heterocycles. The lowest BCUT2D eigenvalue weighted by atomic mass is 10.2. The van der Waals surface area contributed by atoms with Gasteiger partial charge in [-0.05, 0) is 86.1 Å². The first-order valence-electron chi connectivity index (χ1n) is 10.4. The van der Waals surface area contributed by atoms with E-state index < -0.39 is 0 Å². The SMILES string of the molecule is COc1ccc([S+](c2ccc(OC)cc2)c2cc(C)ccc2Oc2ccc(C)cc2)cc1. The van der Waals surface area contributed by atoms with E-state index in [0.717, 1.165) is 27.9 Å². The zero-order chi connectivity index (χ0) is 22.5. The molecule has 4 rings (SSSR count). The fourth-order valence-electron chi connectivity index (χ4n) is 3.41. The quantitative estimate of drug-likeness (QED) is 0.283. The molecular weight excluding hydrogens is 416 g/mol. The summed E-state index contributed by atoms with van der Waals surface area (Å²) < 4.78 is 17.2. The predicted molar refractivity (Wildman–Crippen MR) is 131 cm³/mol. The summed E-state index contributed by atoms with van der Waals surface area (Å²) in [7, 11) is 3.00. The minimum atomic E-state index is -0.371. The molecule has 4 heteroatoms. The zero-order valence-electron chi connectivity index (χ0n) is 18.8. The molecule has 4 aromatic rings. The van der Waals surface area contributed by atoms with E-state index in [9.17, 15) is 0 Å². The van der Waals surface area contributed by atoms with Crippen LogP contribution in [0.15, 0.2) is 106 Å². The Kier molecular flexibility index (Phi) is 6.72. The van der Waals surface area contributed by atoms with Gasteiger partial charge in [0.15, 0.2) is 15.5 Å². The Bertz CT molecular complexity index is 1120. The molecule has 0 aliphatic carbocycles. The van der Waals surface area contributed by atoms with E-state index in [2.05, 4.69) is 68.4 Å². The third kappa shape index (κ3) is 4.92. The lowest BCUT2D eigenvalue weighted by molar-refractivity contribution is 0.414. The molecule has 32 heavy (non-hydrogen) atoms. The van der Waals surface area contributed by atoms with Crippen molar-refractivity contribution in [2.75, 3.05) is 14.2 Å². The van der Waals surface area contributed by atoms with E-state index in [-0.39, 0.29) is 10.9 Å². The van der Waals surface area contributed by atoms with Crippen LogP contribution in [0, 0.1) is 13.8 Å². The Hall–Kier alpha value is -3.37. The highest BCUT2D eigenvalue weighted by molar-refractivity contribution is 7.97. The maximum absolute atomic E-state index is 6.39. The number of methoxy groups -OCH3 is 2. The molecule has 0 spiro atoms. The van der Waals surface area contributed by atoms with Crippen LogP contribution in [0.4, 0.5) is 0 Å². The molecular formula is C28H27O3S+. The number of hydrogen-bond acceptors (Lipinski definition) is 3. The van der Waals surface area contributed by atoms with Crippen LogP contribution < -0.4 is 14.2 Å². The Morgan fingerprint density at radius 3 is 1.50 bits per heavy atom. The van der Waals surface area contributed by atoms with Crippen molar-refractivity contribution < 1.29 is 14.2 Å². The van der Waals surface area contributed by atoms with E-state index in [0.29, 0.717) is 0 Å². The zero-order valence-corrected chi connectivity index (χ0v) is 19.6. The molecule has 0 saturated carbocycles. The highest BCUT2D eigenvalue weighted by Gasteiger charge is 2.33. The van der Waals surface area contributed by atoms with Gasteiger partial charge in [0, 0.05) is 6.07 Å². The molecule has 3 nitrogen and oxygen atoms in total. The van der Waals surface area contributed by atoms with Crippen LogP contribution in [0.2, 0.25) is 0 Å². The van der Waals surface area contributed by atoms with Crippen LogP contribution in [-0.4, -0.2) is 14.2 Å². The Morgan fingerprint density at radius 1 is 0.531 bits per heavy atom. The normalized spacial score (nSPS) is 10.8. The topological polar surface area (TPSA) is 27.7 Å². The van der Waals surface area contributed by atoms with Gasteiger partial charge in [-0.15, -0.1) is 0 Å². The van der Waals surface area contributed by atoms with Crippen molar-refractivity contribution in [3.63, 3.8) is 0 Å². The lowest BCUT2D eigenvalue weighted by Crippen LogP contribution is -2.07. The van der Waals surface area contributed by atoms with Crippen molar-refractivity contribution in [2.24, 2.45) is 0 Å². The smallest absolute Gasteiger partial charge is 0.209 e. The van der Waals surface area contributed by atoms with Gasteiger partial charge in [-0.2, -0.15) is 0 Å². The molecule has 0 amide bonds. The Balaban J connectivity index is 1.83. The highest BCUT2D eigenvalue weighted by Crippen LogP contribution is 2.40. The van der Waals surface area contributed by atoms with Gasteiger partial charge in [-0.3, -0.25) is 0 Å². The van der Waals surface area contributed by atoms with Gasteiger partial charge in [0.05, 0.1) is 14.2 Å². The molecule has 0 heterocycles. The van der Waals surface area contributed by atoms with Crippen molar-refractivity contribution in [3.05, 3.63) is 102 Å². The number of aryl methyl sites for hydroxylation is 2. The molecule has 162 valence electrons. The fourth-order valence-corrected chi connectivity index (χ4v) is 5.62. The minimum Gasteiger partial charge on any atom is -0.497 e. The van der Waals surface area contributed by atoms with Crippen molar-refractivity contribution in [1.29, 1.82) is 0 Å². The first-order valence-corrected chi connectivity index (χ1v) is 11.7. The number of benzene rings is 4. The fraction of sp³-hybridized carbons (Fsp3) is 0.143. The van der Waals surface area contributed by atoms with E-state index in [1.807, 2.05) is 36.4 Å². The second-order valence-electron chi connectivity index (χ2n) is 7.52. The van der Waals surface area contributed by atoms with Crippen LogP contribution in [0.25, 0.3) is 0 Å². The number of rotatable bonds is 7. The molecule has 0 radical (unpaired) electrons. The lowest BCUT2D eigenvalue weighted by Gasteiger charge is -2.14. The second-order valence-corrected chi connectivity index (χ2v) is 9.52. The third-order valence-corrected chi connectivity index (χ3v) is 7.40. The molecule has 0 atom stereocenters. The maximum Gasteiger partial charge on any atom is 0.209 e. The summed E-state index contributed by atoms with van der Waals surface area (Å²) in [6, 6.07) is 31.1. The summed E-state index contributed by atoms with van der Waals surface area (Å²) in [6.45, 7) is 4.19. The maximum atomic E-state index is 6.39. The largest absolute Gasteiger partial charge is 0.497 e. The van der Waals surface area contributed by atoms with E-state index in [1.165, 1.54) is 20.9 Å². The molecule has 0 unspecified atom stereocenters. The van der Waals surface area contributed by atoms with Gasteiger partial charge in [0.2, 0.25) is 4.90 Å². The first-order chi connectivity index (χ1) is 15.6. The Morgan fingerprint density at radius 2 is 1.00 bits per heavy atom. The first kappa shape index (κ1) is 21.8. The summed E-state index contributed by atoms with van der Waals surface area (Å²) in [5.74, 6) is 3.36. The predicted octanol–water partition coefficient (Wildman–Crippen LogP) is 7.21. The number of hydrogen-bond donors (Lipinski definition) is 0. The molecule has 0 aliphatic heterocycles.